The molecule has 2 aromatic carbocycles. The van der Waals surface area contributed by atoms with Gasteiger partial charge in [-0.1, -0.05) is 41.9 Å². The number of hydrogen-bond donors (Lipinski definition) is 0. The lowest BCUT2D eigenvalue weighted by atomic mass is 9.92. The Morgan fingerprint density at radius 1 is 1.12 bits per heavy atom. The van der Waals surface area contributed by atoms with Crippen molar-refractivity contribution in [2.45, 2.75) is 19.0 Å². The first-order valence-electron chi connectivity index (χ1n) is 8.30. The van der Waals surface area contributed by atoms with E-state index >= 15 is 0 Å². The Kier molecular flexibility index (Phi) is 4.59. The Morgan fingerprint density at radius 3 is 2.68 bits per heavy atom. The molecule has 1 aliphatic rings. The van der Waals surface area contributed by atoms with E-state index in [1.54, 1.807) is 0 Å². The highest BCUT2D eigenvalue weighted by atomic mass is 35.5. The van der Waals surface area contributed by atoms with Crippen LogP contribution in [0.1, 0.15) is 33.2 Å². The van der Waals surface area contributed by atoms with Gasteiger partial charge in [-0.2, -0.15) is 5.26 Å². The monoisotopic (exact) mass is 364 g/mol. The zero-order chi connectivity index (χ0) is 17.2. The van der Waals surface area contributed by atoms with Crippen LogP contribution >= 0.6 is 22.9 Å². The molecule has 3 aromatic rings. The molecule has 0 spiro atoms. The van der Waals surface area contributed by atoms with E-state index in [4.69, 9.17) is 16.9 Å². The lowest BCUT2D eigenvalue weighted by Crippen LogP contribution is -2.35. The van der Waals surface area contributed by atoms with Crippen LogP contribution in [0, 0.1) is 11.3 Å². The molecule has 4 heteroatoms. The summed E-state index contributed by atoms with van der Waals surface area (Å²) in [4.78, 5) is 3.95. The van der Waals surface area contributed by atoms with Crippen LogP contribution in [0.2, 0.25) is 5.02 Å². The van der Waals surface area contributed by atoms with Gasteiger partial charge in [-0.3, -0.25) is 4.90 Å². The topological polar surface area (TPSA) is 27.0 Å². The van der Waals surface area contributed by atoms with Crippen molar-refractivity contribution in [2.75, 3.05) is 6.54 Å². The lowest BCUT2D eigenvalue weighted by Gasteiger charge is -2.36. The molecular formula is C21H17ClN2S. The highest BCUT2D eigenvalue weighted by Crippen LogP contribution is 2.39. The molecule has 4 rings (SSSR count). The molecule has 2 nitrogen and oxygen atoms in total. The molecule has 1 unspecified atom stereocenters. The normalized spacial score (nSPS) is 17.0. The fraction of sp³-hybridized carbons (Fsp3) is 0.190. The second kappa shape index (κ2) is 7.01. The van der Waals surface area contributed by atoms with Crippen LogP contribution in [-0.4, -0.2) is 11.4 Å². The molecule has 0 aliphatic carbocycles. The van der Waals surface area contributed by atoms with Gasteiger partial charge in [-0.05, 0) is 52.8 Å². The molecular weight excluding hydrogens is 348 g/mol. The van der Waals surface area contributed by atoms with Crippen LogP contribution in [0.5, 0.6) is 0 Å². The van der Waals surface area contributed by atoms with E-state index in [1.807, 2.05) is 41.7 Å². The number of benzene rings is 2. The second-order valence-electron chi connectivity index (χ2n) is 6.25. The summed E-state index contributed by atoms with van der Waals surface area (Å²) in [6.45, 7) is 1.82. The number of halogens is 1. The van der Waals surface area contributed by atoms with Crippen LogP contribution in [0.25, 0.3) is 0 Å². The number of rotatable bonds is 3. The number of fused-ring (bicyclic) bond motifs is 1. The van der Waals surface area contributed by atoms with E-state index in [2.05, 4.69) is 40.6 Å². The van der Waals surface area contributed by atoms with E-state index in [0.29, 0.717) is 5.56 Å². The van der Waals surface area contributed by atoms with Gasteiger partial charge in [0.05, 0.1) is 17.7 Å². The minimum absolute atomic E-state index is 0.207. The lowest BCUT2D eigenvalue weighted by molar-refractivity contribution is 0.206. The third-order valence-corrected chi connectivity index (χ3v) is 6.12. The van der Waals surface area contributed by atoms with Crippen molar-refractivity contribution in [3.63, 3.8) is 0 Å². The Labute approximate surface area is 156 Å². The van der Waals surface area contributed by atoms with Crippen molar-refractivity contribution in [3.05, 3.63) is 92.1 Å². The van der Waals surface area contributed by atoms with Crippen LogP contribution in [0.15, 0.2) is 60.0 Å². The van der Waals surface area contributed by atoms with Gasteiger partial charge >= 0.3 is 0 Å². The van der Waals surface area contributed by atoms with Gasteiger partial charge in [0.15, 0.2) is 0 Å². The number of thiophene rings is 1. The van der Waals surface area contributed by atoms with Crippen LogP contribution in [0.3, 0.4) is 0 Å². The molecule has 0 radical (unpaired) electrons. The molecule has 124 valence electrons. The summed E-state index contributed by atoms with van der Waals surface area (Å²) >= 11 is 8.23. The molecule has 2 heterocycles. The summed E-state index contributed by atoms with van der Waals surface area (Å²) in [5.41, 5.74) is 4.46. The van der Waals surface area contributed by atoms with E-state index in [1.165, 1.54) is 16.0 Å². The van der Waals surface area contributed by atoms with E-state index in [0.717, 1.165) is 30.1 Å². The number of hydrogen-bond acceptors (Lipinski definition) is 3. The summed E-state index contributed by atoms with van der Waals surface area (Å²) in [5.74, 6) is 0. The van der Waals surface area contributed by atoms with E-state index in [9.17, 15) is 0 Å². The standard InChI is InChI=1S/C21H17ClN2S/c22-19-4-2-1-3-17(19)14-24-11-9-20-18(10-12-25-20)21(24)16-7-5-15(13-23)6-8-16/h1-8,10,12,21H,9,11,14H2. The van der Waals surface area contributed by atoms with Crippen molar-refractivity contribution in [1.29, 1.82) is 5.26 Å². The molecule has 0 amide bonds. The highest BCUT2D eigenvalue weighted by molar-refractivity contribution is 7.10. The summed E-state index contributed by atoms with van der Waals surface area (Å²) in [5, 5.41) is 12.1. The molecule has 1 atom stereocenters. The fourth-order valence-electron chi connectivity index (χ4n) is 3.51. The maximum atomic E-state index is 9.07. The number of nitrogens with zero attached hydrogens (tertiary/aromatic N) is 2. The Hall–Kier alpha value is -2.12. The average molecular weight is 365 g/mol. The van der Waals surface area contributed by atoms with Gasteiger partial charge < -0.3 is 0 Å². The van der Waals surface area contributed by atoms with Crippen molar-refractivity contribution in [1.82, 2.24) is 4.90 Å². The first-order valence-corrected chi connectivity index (χ1v) is 9.56. The molecule has 0 N–H and O–H groups in total. The Morgan fingerprint density at radius 2 is 1.92 bits per heavy atom. The Balaban J connectivity index is 1.72. The van der Waals surface area contributed by atoms with Gasteiger partial charge in [0.1, 0.15) is 0 Å². The Bertz CT molecular complexity index is 924. The quantitative estimate of drug-likeness (QED) is 0.620. The first-order chi connectivity index (χ1) is 12.3. The highest BCUT2D eigenvalue weighted by Gasteiger charge is 2.29. The number of nitriles is 1. The minimum atomic E-state index is 0.207. The maximum absolute atomic E-state index is 9.07. The molecule has 0 bridgehead atoms. The molecule has 0 fully saturated rings. The van der Waals surface area contributed by atoms with E-state index in [-0.39, 0.29) is 6.04 Å². The summed E-state index contributed by atoms with van der Waals surface area (Å²) in [6.07, 6.45) is 1.07. The third kappa shape index (κ3) is 3.21. The van der Waals surface area contributed by atoms with Crippen LogP contribution in [-0.2, 0) is 13.0 Å². The second-order valence-corrected chi connectivity index (χ2v) is 7.66. The van der Waals surface area contributed by atoms with Gasteiger partial charge in [0.25, 0.3) is 0 Å². The molecule has 25 heavy (non-hydrogen) atoms. The summed E-state index contributed by atoms with van der Waals surface area (Å²) in [6, 6.07) is 20.7. The van der Waals surface area contributed by atoms with Crippen LogP contribution in [0.4, 0.5) is 0 Å². The van der Waals surface area contributed by atoms with Crippen molar-refractivity contribution < 1.29 is 0 Å². The van der Waals surface area contributed by atoms with Gasteiger partial charge in [-0.15, -0.1) is 11.3 Å². The van der Waals surface area contributed by atoms with Gasteiger partial charge in [0, 0.05) is 23.0 Å². The largest absolute Gasteiger partial charge is 0.288 e. The van der Waals surface area contributed by atoms with Gasteiger partial charge in [0.2, 0.25) is 0 Å². The van der Waals surface area contributed by atoms with Crippen molar-refractivity contribution >= 4 is 22.9 Å². The zero-order valence-corrected chi connectivity index (χ0v) is 15.2. The predicted molar refractivity (Wildman–Crippen MR) is 103 cm³/mol. The van der Waals surface area contributed by atoms with Crippen LogP contribution < -0.4 is 0 Å². The minimum Gasteiger partial charge on any atom is -0.288 e. The van der Waals surface area contributed by atoms with E-state index < -0.39 is 0 Å². The molecule has 0 saturated carbocycles. The zero-order valence-electron chi connectivity index (χ0n) is 13.7. The van der Waals surface area contributed by atoms with Crippen molar-refractivity contribution in [3.8, 4) is 6.07 Å². The smallest absolute Gasteiger partial charge is 0.0991 e. The summed E-state index contributed by atoms with van der Waals surface area (Å²) < 4.78 is 0. The van der Waals surface area contributed by atoms with Gasteiger partial charge in [-0.25, -0.2) is 0 Å². The molecule has 0 saturated heterocycles. The first kappa shape index (κ1) is 16.4. The average Bonchev–Trinajstić information content (AvgIpc) is 3.12. The fourth-order valence-corrected chi connectivity index (χ4v) is 4.61. The third-order valence-electron chi connectivity index (χ3n) is 4.75. The summed E-state index contributed by atoms with van der Waals surface area (Å²) in [7, 11) is 0. The van der Waals surface area contributed by atoms with Crippen molar-refractivity contribution in [2.24, 2.45) is 0 Å². The maximum Gasteiger partial charge on any atom is 0.0991 e. The SMILES string of the molecule is N#Cc1ccc(C2c3ccsc3CCN2Cc2ccccc2Cl)cc1. The molecule has 1 aromatic heterocycles. The molecule has 1 aliphatic heterocycles. The predicted octanol–water partition coefficient (Wildman–Crippen LogP) is 5.42.